The molecule has 2 aliphatic rings. The first kappa shape index (κ1) is 32.5. The van der Waals surface area contributed by atoms with E-state index in [1.54, 1.807) is 24.1 Å². The quantitative estimate of drug-likeness (QED) is 0.254. The zero-order valence-electron chi connectivity index (χ0n) is 27.3. The molecule has 3 atom stereocenters. The molecule has 13 heteroatoms. The maximum Gasteiger partial charge on any atom is 0.246 e. The molecule has 2 aromatic heterocycles. The minimum Gasteiger partial charge on any atom is -0.343 e. The highest BCUT2D eigenvalue weighted by Gasteiger charge is 2.40. The first-order chi connectivity index (χ1) is 22.5. The summed E-state index contributed by atoms with van der Waals surface area (Å²) < 4.78 is 32.9. The molecule has 11 nitrogen and oxygen atoms in total. The van der Waals surface area contributed by atoms with Gasteiger partial charge in [0.15, 0.2) is 11.6 Å². The van der Waals surface area contributed by atoms with Gasteiger partial charge in [-0.05, 0) is 62.4 Å². The number of aromatic nitrogens is 4. The van der Waals surface area contributed by atoms with Crippen LogP contribution in [0.1, 0.15) is 46.5 Å². The Balaban J connectivity index is 1.42. The summed E-state index contributed by atoms with van der Waals surface area (Å²) in [5, 5.41) is 5.77. The van der Waals surface area contributed by atoms with E-state index in [1.807, 2.05) is 34.8 Å². The smallest absolute Gasteiger partial charge is 0.246 e. The fourth-order valence-corrected chi connectivity index (χ4v) is 7.03. The monoisotopic (exact) mass is 648 g/mol. The van der Waals surface area contributed by atoms with Crippen molar-refractivity contribution in [2.75, 3.05) is 26.7 Å². The molecule has 2 aliphatic heterocycles. The van der Waals surface area contributed by atoms with Gasteiger partial charge in [-0.25, -0.2) is 18.7 Å². The lowest BCUT2D eigenvalue weighted by Gasteiger charge is -2.36. The first-order valence-corrected chi connectivity index (χ1v) is 16.3. The first-order valence-electron chi connectivity index (χ1n) is 16.3. The molecule has 0 saturated carbocycles. The maximum atomic E-state index is 14.5. The van der Waals surface area contributed by atoms with Gasteiger partial charge >= 0.3 is 0 Å². The van der Waals surface area contributed by atoms with Crippen molar-refractivity contribution in [1.29, 1.82) is 0 Å². The number of likely N-dealkylation sites (N-methyl/N-ethyl adjacent to an activating group) is 1. The second kappa shape index (κ2) is 13.0. The summed E-state index contributed by atoms with van der Waals surface area (Å²) in [7, 11) is 1.68. The van der Waals surface area contributed by atoms with Gasteiger partial charge in [-0.2, -0.15) is 0 Å². The minimum absolute atomic E-state index is 0.0700. The Labute approximate surface area is 272 Å². The van der Waals surface area contributed by atoms with E-state index in [0.29, 0.717) is 59.9 Å². The molecule has 6 rings (SSSR count). The fraction of sp³-hybridized carbons (Fsp3) is 0.500. The second-order valence-electron chi connectivity index (χ2n) is 13.7. The number of benzene rings is 2. The highest BCUT2D eigenvalue weighted by Crippen LogP contribution is 2.33. The van der Waals surface area contributed by atoms with E-state index in [9.17, 15) is 23.2 Å². The van der Waals surface area contributed by atoms with E-state index in [4.69, 9.17) is 9.97 Å². The summed E-state index contributed by atoms with van der Waals surface area (Å²) in [5.74, 6) is -0.323. The summed E-state index contributed by atoms with van der Waals surface area (Å²) in [6.07, 6.45) is 4.08. The van der Waals surface area contributed by atoms with Gasteiger partial charge < -0.3 is 29.6 Å². The third-order valence-corrected chi connectivity index (χ3v) is 9.38. The number of imidazole rings is 2. The number of rotatable bonds is 10. The van der Waals surface area contributed by atoms with Crippen molar-refractivity contribution in [3.8, 4) is 11.6 Å². The Kier molecular flexibility index (Phi) is 9.01. The summed E-state index contributed by atoms with van der Waals surface area (Å²) in [4.78, 5) is 51.9. The SMILES string of the molecule is CNCC(=O)NC(C(=O)N1CCCC1Cn1c(-c2nc3cc(F)ccc3n2CC2CCCN2C=O)nc2cc(F)ccc21)C(C)(C)C. The summed E-state index contributed by atoms with van der Waals surface area (Å²) >= 11 is 0. The van der Waals surface area contributed by atoms with E-state index >= 15 is 0 Å². The average Bonchev–Trinajstić information content (AvgIpc) is 3.81. The zero-order chi connectivity index (χ0) is 33.5. The van der Waals surface area contributed by atoms with Gasteiger partial charge in [0.25, 0.3) is 0 Å². The van der Waals surface area contributed by atoms with Gasteiger partial charge in [0.05, 0.1) is 28.6 Å². The molecular formula is C34H42F2N8O3. The summed E-state index contributed by atoms with van der Waals surface area (Å²) in [5.41, 5.74) is 1.72. The van der Waals surface area contributed by atoms with Crippen LogP contribution in [0.2, 0.25) is 0 Å². The molecule has 3 amide bonds. The lowest BCUT2D eigenvalue weighted by Crippen LogP contribution is -2.57. The van der Waals surface area contributed by atoms with Gasteiger partial charge in [-0.1, -0.05) is 20.8 Å². The number of likely N-dealkylation sites (tertiary alicyclic amines) is 2. The largest absolute Gasteiger partial charge is 0.343 e. The number of fused-ring (bicyclic) bond motifs is 2. The predicted octanol–water partition coefficient (Wildman–Crippen LogP) is 3.69. The van der Waals surface area contributed by atoms with Crippen molar-refractivity contribution in [3.63, 3.8) is 0 Å². The number of nitrogens with zero attached hydrogens (tertiary/aromatic N) is 6. The molecule has 3 unspecified atom stereocenters. The van der Waals surface area contributed by atoms with Gasteiger partial charge in [0.2, 0.25) is 18.2 Å². The third kappa shape index (κ3) is 6.45. The van der Waals surface area contributed by atoms with Crippen molar-refractivity contribution in [2.45, 2.75) is 77.7 Å². The van der Waals surface area contributed by atoms with Crippen LogP contribution in [0.15, 0.2) is 36.4 Å². The van der Waals surface area contributed by atoms with Crippen molar-refractivity contribution < 1.29 is 23.2 Å². The van der Waals surface area contributed by atoms with Crippen LogP contribution in [0.4, 0.5) is 8.78 Å². The Morgan fingerprint density at radius 2 is 1.47 bits per heavy atom. The molecule has 4 aromatic rings. The van der Waals surface area contributed by atoms with Gasteiger partial charge in [-0.3, -0.25) is 14.4 Å². The van der Waals surface area contributed by atoms with E-state index in [0.717, 1.165) is 32.1 Å². The van der Waals surface area contributed by atoms with E-state index in [-0.39, 0.29) is 30.4 Å². The molecule has 0 aliphatic carbocycles. The molecule has 2 saturated heterocycles. The Morgan fingerprint density at radius 1 is 0.915 bits per heavy atom. The number of hydrogen-bond donors (Lipinski definition) is 2. The molecule has 2 aromatic carbocycles. The normalized spacial score (nSPS) is 19.2. The second-order valence-corrected chi connectivity index (χ2v) is 13.7. The molecular weight excluding hydrogens is 606 g/mol. The average molecular weight is 649 g/mol. The molecule has 250 valence electrons. The number of nitrogens with one attached hydrogen (secondary N) is 2. The van der Waals surface area contributed by atoms with E-state index in [2.05, 4.69) is 10.6 Å². The summed E-state index contributed by atoms with van der Waals surface area (Å²) in [6.45, 7) is 7.88. The van der Waals surface area contributed by atoms with E-state index < -0.39 is 23.1 Å². The molecule has 47 heavy (non-hydrogen) atoms. The zero-order valence-corrected chi connectivity index (χ0v) is 27.3. The van der Waals surface area contributed by atoms with Crippen LogP contribution in [0, 0.1) is 17.0 Å². The molecule has 0 spiro atoms. The fourth-order valence-electron chi connectivity index (χ4n) is 7.03. The van der Waals surface area contributed by atoms with Gasteiger partial charge in [0, 0.05) is 50.4 Å². The van der Waals surface area contributed by atoms with Crippen molar-refractivity contribution in [3.05, 3.63) is 48.0 Å². The minimum atomic E-state index is -0.733. The lowest BCUT2D eigenvalue weighted by atomic mass is 9.85. The molecule has 2 fully saturated rings. The Hall–Kier alpha value is -4.39. The van der Waals surface area contributed by atoms with E-state index in [1.165, 1.54) is 24.3 Å². The predicted molar refractivity (Wildman–Crippen MR) is 174 cm³/mol. The molecule has 0 bridgehead atoms. The standard InChI is InChI=1S/C34H42F2N8O3/c1-34(2,3)30(40-29(46)17-37-4)33(47)42-14-6-8-24(42)19-44-28-12-10-22(36)16-26(28)39-32(44)31-38-25-15-21(35)9-11-27(25)43(31)18-23-7-5-13-41(23)20-45/h9-12,15-16,20,23-24,30,37H,5-8,13-14,17-19H2,1-4H3,(H,40,46). The van der Waals surface area contributed by atoms with Crippen LogP contribution < -0.4 is 10.6 Å². The number of hydrogen-bond acceptors (Lipinski definition) is 6. The van der Waals surface area contributed by atoms with Crippen molar-refractivity contribution >= 4 is 40.3 Å². The van der Waals surface area contributed by atoms with Crippen molar-refractivity contribution in [1.82, 2.24) is 39.5 Å². The van der Waals surface area contributed by atoms with Gasteiger partial charge in [0.1, 0.15) is 17.7 Å². The van der Waals surface area contributed by atoms with Crippen LogP contribution >= 0.6 is 0 Å². The third-order valence-electron chi connectivity index (χ3n) is 9.38. The van der Waals surface area contributed by atoms with Crippen molar-refractivity contribution in [2.24, 2.45) is 5.41 Å². The van der Waals surface area contributed by atoms with Crippen LogP contribution in [-0.2, 0) is 27.5 Å². The summed E-state index contributed by atoms with van der Waals surface area (Å²) in [6, 6.07) is 7.84. The number of carbonyl (C=O) groups excluding carboxylic acids is 3. The highest BCUT2D eigenvalue weighted by molar-refractivity contribution is 5.89. The number of halogens is 2. The lowest BCUT2D eigenvalue weighted by molar-refractivity contribution is -0.140. The topological polar surface area (TPSA) is 117 Å². The van der Waals surface area contributed by atoms with Crippen LogP contribution in [0.25, 0.3) is 33.7 Å². The van der Waals surface area contributed by atoms with Crippen LogP contribution in [0.3, 0.4) is 0 Å². The highest BCUT2D eigenvalue weighted by atomic mass is 19.1. The Morgan fingerprint density at radius 3 is 2.02 bits per heavy atom. The number of carbonyl (C=O) groups is 3. The van der Waals surface area contributed by atoms with Gasteiger partial charge in [-0.15, -0.1) is 0 Å². The molecule has 2 N–H and O–H groups in total. The molecule has 0 radical (unpaired) electrons. The van der Waals surface area contributed by atoms with Crippen LogP contribution in [0.5, 0.6) is 0 Å². The number of amides is 3. The van der Waals surface area contributed by atoms with Crippen LogP contribution in [-0.4, -0.2) is 91.9 Å². The Bertz CT molecular complexity index is 1810. The molecule has 4 heterocycles. The maximum absolute atomic E-state index is 14.5.